The number of anilines is 1. The molecule has 0 saturated heterocycles. The van der Waals surface area contributed by atoms with E-state index < -0.39 is 15.8 Å². The second-order valence-corrected chi connectivity index (χ2v) is 6.19. The van der Waals surface area contributed by atoms with E-state index in [1.807, 2.05) is 0 Å². The van der Waals surface area contributed by atoms with E-state index in [0.29, 0.717) is 11.4 Å². The summed E-state index contributed by atoms with van der Waals surface area (Å²) < 4.78 is 6.91. The van der Waals surface area contributed by atoms with Gasteiger partial charge in [-0.1, -0.05) is 0 Å². The lowest BCUT2D eigenvalue weighted by molar-refractivity contribution is -0.389. The van der Waals surface area contributed by atoms with Crippen LogP contribution in [0.3, 0.4) is 0 Å². The summed E-state index contributed by atoms with van der Waals surface area (Å²) in [5.41, 5.74) is 0.457. The van der Waals surface area contributed by atoms with Crippen molar-refractivity contribution < 1.29 is 19.4 Å². The van der Waals surface area contributed by atoms with Gasteiger partial charge in [0, 0.05) is 24.8 Å². The smallest absolute Gasteiger partial charge is 0.390 e. The molecule has 0 spiro atoms. The van der Waals surface area contributed by atoms with E-state index in [0.717, 1.165) is 0 Å². The molecular formula is C18H16N6O6. The Bertz CT molecular complexity index is 1100. The Morgan fingerprint density at radius 2 is 1.97 bits per heavy atom. The van der Waals surface area contributed by atoms with Crippen molar-refractivity contribution in [3.8, 4) is 11.5 Å². The van der Waals surface area contributed by atoms with E-state index in [2.05, 4.69) is 15.4 Å². The van der Waals surface area contributed by atoms with Crippen LogP contribution in [0.2, 0.25) is 0 Å². The summed E-state index contributed by atoms with van der Waals surface area (Å²) in [7, 11) is 0. The van der Waals surface area contributed by atoms with Crippen LogP contribution < -0.4 is 10.1 Å². The predicted octanol–water partition coefficient (Wildman–Crippen LogP) is 3.22. The third-order valence-electron chi connectivity index (χ3n) is 3.96. The summed E-state index contributed by atoms with van der Waals surface area (Å²) in [6.45, 7) is 1.75. The van der Waals surface area contributed by atoms with Crippen molar-refractivity contribution in [3.63, 3.8) is 0 Å². The van der Waals surface area contributed by atoms with E-state index in [-0.39, 0.29) is 35.9 Å². The van der Waals surface area contributed by atoms with Crippen LogP contribution in [0.1, 0.15) is 12.1 Å². The van der Waals surface area contributed by atoms with Crippen LogP contribution in [0.25, 0.3) is 0 Å². The van der Waals surface area contributed by atoms with Gasteiger partial charge < -0.3 is 20.2 Å². The molecule has 3 aromatic rings. The molecule has 0 aliphatic heterocycles. The Hall–Kier alpha value is -4.35. The van der Waals surface area contributed by atoms with Gasteiger partial charge >= 0.3 is 5.82 Å². The topological polar surface area (TPSA) is 155 Å². The molecular weight excluding hydrogens is 396 g/mol. The highest BCUT2D eigenvalue weighted by Crippen LogP contribution is 2.29. The molecule has 0 aliphatic carbocycles. The number of rotatable bonds is 8. The van der Waals surface area contributed by atoms with Gasteiger partial charge in [-0.2, -0.15) is 4.68 Å². The van der Waals surface area contributed by atoms with E-state index in [9.17, 15) is 25.0 Å². The number of aryl methyl sites for hydroxylation is 2. The molecule has 12 nitrogen and oxygen atoms in total. The maximum absolute atomic E-state index is 12.3. The second kappa shape index (κ2) is 8.77. The first-order valence-electron chi connectivity index (χ1n) is 8.68. The fourth-order valence-corrected chi connectivity index (χ4v) is 2.60. The number of nitrogens with zero attached hydrogens (tertiary/aromatic N) is 5. The molecule has 2 aromatic heterocycles. The number of carbonyl (C=O) groups is 1. The van der Waals surface area contributed by atoms with Gasteiger partial charge in [-0.05, 0) is 24.0 Å². The van der Waals surface area contributed by atoms with E-state index in [1.165, 1.54) is 35.1 Å². The summed E-state index contributed by atoms with van der Waals surface area (Å²) >= 11 is 0. The van der Waals surface area contributed by atoms with E-state index in [1.54, 1.807) is 25.3 Å². The Morgan fingerprint density at radius 3 is 2.60 bits per heavy atom. The van der Waals surface area contributed by atoms with E-state index in [4.69, 9.17) is 4.74 Å². The average Bonchev–Trinajstić information content (AvgIpc) is 3.08. The molecule has 3 rings (SSSR count). The van der Waals surface area contributed by atoms with Crippen molar-refractivity contribution >= 4 is 23.1 Å². The van der Waals surface area contributed by atoms with Crippen LogP contribution in [0.4, 0.5) is 17.2 Å². The number of carbonyl (C=O) groups excluding carboxylic acids is 1. The second-order valence-electron chi connectivity index (χ2n) is 6.19. The normalized spacial score (nSPS) is 10.4. The van der Waals surface area contributed by atoms with Crippen molar-refractivity contribution in [1.82, 2.24) is 14.8 Å². The number of amides is 1. The average molecular weight is 412 g/mol. The minimum atomic E-state index is -0.615. The molecule has 30 heavy (non-hydrogen) atoms. The van der Waals surface area contributed by atoms with Gasteiger partial charge in [0.1, 0.15) is 11.5 Å². The number of nitro groups is 2. The lowest BCUT2D eigenvalue weighted by Crippen LogP contribution is -2.15. The molecule has 12 heteroatoms. The molecule has 0 aliphatic rings. The zero-order valence-electron chi connectivity index (χ0n) is 15.7. The third kappa shape index (κ3) is 5.13. The molecule has 1 N–H and O–H groups in total. The van der Waals surface area contributed by atoms with Crippen LogP contribution in [-0.4, -0.2) is 30.5 Å². The molecule has 2 heterocycles. The first-order valence-corrected chi connectivity index (χ1v) is 8.68. The minimum absolute atomic E-state index is 0.0405. The highest BCUT2D eigenvalue weighted by Gasteiger charge is 2.17. The largest absolute Gasteiger partial charge is 0.455 e. The number of nitro benzene ring substituents is 1. The lowest BCUT2D eigenvalue weighted by atomic mass is 10.2. The number of benzene rings is 1. The molecule has 154 valence electrons. The number of non-ortho nitro benzene ring substituents is 1. The van der Waals surface area contributed by atoms with Gasteiger partial charge in [-0.15, -0.1) is 0 Å². The van der Waals surface area contributed by atoms with Crippen molar-refractivity contribution in [3.05, 3.63) is 74.7 Å². The summed E-state index contributed by atoms with van der Waals surface area (Å²) in [6.07, 6.45) is 2.96. The van der Waals surface area contributed by atoms with Crippen molar-refractivity contribution in [2.24, 2.45) is 0 Å². The fraction of sp³-hybridized carbons (Fsp3) is 0.167. The molecule has 0 fully saturated rings. The maximum Gasteiger partial charge on any atom is 0.390 e. The molecule has 0 atom stereocenters. The van der Waals surface area contributed by atoms with Gasteiger partial charge in [0.2, 0.25) is 5.91 Å². The Balaban J connectivity index is 1.71. The van der Waals surface area contributed by atoms with Crippen molar-refractivity contribution in [2.75, 3.05) is 5.32 Å². The molecule has 1 amide bonds. The molecule has 0 saturated carbocycles. The molecule has 0 unspecified atom stereocenters. The van der Waals surface area contributed by atoms with Gasteiger partial charge in [-0.25, -0.2) is 0 Å². The SMILES string of the molecule is Cc1cc([N+](=O)[O-])nn1CCC(=O)Nc1cc(Oc2cccnc2)cc([N+](=O)[O-])c1. The van der Waals surface area contributed by atoms with Crippen LogP contribution in [0, 0.1) is 27.2 Å². The first kappa shape index (κ1) is 20.4. The summed E-state index contributed by atoms with van der Waals surface area (Å²) in [4.78, 5) is 37.0. The Morgan fingerprint density at radius 1 is 1.17 bits per heavy atom. The van der Waals surface area contributed by atoms with Crippen LogP contribution >= 0.6 is 0 Å². The minimum Gasteiger partial charge on any atom is -0.455 e. The van der Waals surface area contributed by atoms with Crippen LogP contribution in [0.5, 0.6) is 11.5 Å². The first-order chi connectivity index (χ1) is 14.3. The monoisotopic (exact) mass is 412 g/mol. The zero-order chi connectivity index (χ0) is 21.7. The van der Waals surface area contributed by atoms with Gasteiger partial charge in [0.05, 0.1) is 46.3 Å². The fourth-order valence-electron chi connectivity index (χ4n) is 2.60. The number of nitrogens with one attached hydrogen (secondary N) is 1. The van der Waals surface area contributed by atoms with Gasteiger partial charge in [-0.3, -0.25) is 19.9 Å². The van der Waals surface area contributed by atoms with Crippen molar-refractivity contribution in [2.45, 2.75) is 19.9 Å². The van der Waals surface area contributed by atoms with E-state index >= 15 is 0 Å². The zero-order valence-corrected chi connectivity index (χ0v) is 15.7. The van der Waals surface area contributed by atoms with Gasteiger partial charge in [0.25, 0.3) is 5.69 Å². The third-order valence-corrected chi connectivity index (χ3v) is 3.96. The molecule has 1 aromatic carbocycles. The number of pyridine rings is 1. The molecule has 0 radical (unpaired) electrons. The maximum atomic E-state index is 12.3. The quantitative estimate of drug-likeness (QED) is 0.436. The summed E-state index contributed by atoms with van der Waals surface area (Å²) in [6, 6.07) is 8.47. The predicted molar refractivity (Wildman–Crippen MR) is 104 cm³/mol. The number of aromatic nitrogens is 3. The van der Waals surface area contributed by atoms with Crippen LogP contribution in [-0.2, 0) is 11.3 Å². The summed E-state index contributed by atoms with van der Waals surface area (Å²) in [5.74, 6) is -0.207. The summed E-state index contributed by atoms with van der Waals surface area (Å²) in [5, 5.41) is 28.4. The number of ether oxygens (including phenoxy) is 1. The highest BCUT2D eigenvalue weighted by atomic mass is 16.6. The van der Waals surface area contributed by atoms with Crippen molar-refractivity contribution in [1.29, 1.82) is 0 Å². The number of hydrogen-bond donors (Lipinski definition) is 1. The van der Waals surface area contributed by atoms with Crippen LogP contribution in [0.15, 0.2) is 48.8 Å². The number of hydrogen-bond acceptors (Lipinski definition) is 8. The Kier molecular flexibility index (Phi) is 5.96. The highest BCUT2D eigenvalue weighted by molar-refractivity contribution is 5.91. The molecule has 0 bridgehead atoms. The lowest BCUT2D eigenvalue weighted by Gasteiger charge is -2.09. The standard InChI is InChI=1S/C18H16N6O6/c1-12-7-17(24(28)29)21-22(12)6-4-18(25)20-13-8-14(23(26)27)10-16(9-13)30-15-3-2-5-19-11-15/h2-3,5,7-11H,4,6H2,1H3,(H,20,25). The Labute approximate surface area is 169 Å². The van der Waals surface area contributed by atoms with Gasteiger partial charge in [0.15, 0.2) is 0 Å².